The number of halogens is 1. The average molecular weight is 642 g/mol. The van der Waals surface area contributed by atoms with Crippen molar-refractivity contribution >= 4 is 58.2 Å². The third-order valence-electron chi connectivity index (χ3n) is 7.25. The van der Waals surface area contributed by atoms with Crippen LogP contribution in [0.1, 0.15) is 16.7 Å². The number of benzene rings is 5. The molecule has 0 N–H and O–H groups in total. The Kier molecular flexibility index (Phi) is 10.3. The fourth-order valence-corrected chi connectivity index (χ4v) is 4.90. The number of hydrogen-bond acceptors (Lipinski definition) is 7. The molecule has 0 saturated heterocycles. The molecule has 0 amide bonds. The van der Waals surface area contributed by atoms with Crippen LogP contribution in [0, 0.1) is 13.8 Å². The predicted octanol–water partition coefficient (Wildman–Crippen LogP) is 9.78. The highest BCUT2D eigenvalue weighted by molar-refractivity contribution is 6.33. The van der Waals surface area contributed by atoms with E-state index in [9.17, 15) is 9.59 Å². The van der Waals surface area contributed by atoms with Crippen LogP contribution in [0.15, 0.2) is 146 Å². The van der Waals surface area contributed by atoms with E-state index in [-0.39, 0.29) is 0 Å². The van der Waals surface area contributed by atoms with Gasteiger partial charge in [0.05, 0.1) is 22.6 Å². The van der Waals surface area contributed by atoms with Crippen molar-refractivity contribution in [3.05, 3.63) is 162 Å². The molecule has 234 valence electrons. The van der Waals surface area contributed by atoms with E-state index in [2.05, 4.69) is 50.1 Å². The molecule has 0 saturated carbocycles. The van der Waals surface area contributed by atoms with Crippen molar-refractivity contribution in [2.75, 3.05) is 9.91 Å². The number of hydrogen-bond donors (Lipinski definition) is 0. The number of ether oxygens (including phenoxy) is 2. The molecule has 7 nitrogen and oxygen atoms in total. The van der Waals surface area contributed by atoms with E-state index in [1.807, 2.05) is 72.8 Å². The first-order valence-corrected chi connectivity index (χ1v) is 15.1. The Labute approximate surface area is 279 Å². The number of carbonyl (C=O) groups excluding carboxylic acids is 2. The van der Waals surface area contributed by atoms with Gasteiger partial charge in [0.25, 0.3) is 0 Å². The Morgan fingerprint density at radius 3 is 1.70 bits per heavy atom. The van der Waals surface area contributed by atoms with Gasteiger partial charge in [-0.2, -0.15) is 5.10 Å². The van der Waals surface area contributed by atoms with Crippen molar-refractivity contribution in [3.63, 3.8) is 0 Å². The van der Waals surface area contributed by atoms with E-state index in [0.29, 0.717) is 22.1 Å². The zero-order valence-electron chi connectivity index (χ0n) is 26.0. The second kappa shape index (κ2) is 14.9. The van der Waals surface area contributed by atoms with Gasteiger partial charge in [-0.1, -0.05) is 49.0 Å². The van der Waals surface area contributed by atoms with Crippen LogP contribution < -0.4 is 19.4 Å². The summed E-state index contributed by atoms with van der Waals surface area (Å²) < 4.78 is 10.5. The number of esters is 2. The zero-order valence-corrected chi connectivity index (χ0v) is 26.7. The van der Waals surface area contributed by atoms with Gasteiger partial charge < -0.3 is 14.4 Å². The number of anilines is 5. The van der Waals surface area contributed by atoms with Crippen LogP contribution in [0.2, 0.25) is 5.02 Å². The SMILES string of the molecule is C=CC(=O)Oc1ccc(N(N=Cc2ccc(N(c3ccc(OC(=O)C=C)cc3)c3ccc(C)c(C)c3)cc2Cl)c2ccccc2)cc1. The van der Waals surface area contributed by atoms with Crippen LogP contribution in [0.5, 0.6) is 11.5 Å². The summed E-state index contributed by atoms with van der Waals surface area (Å²) in [7, 11) is 0. The van der Waals surface area contributed by atoms with Gasteiger partial charge in [0.15, 0.2) is 0 Å². The summed E-state index contributed by atoms with van der Waals surface area (Å²) in [5.41, 5.74) is 7.24. The summed E-state index contributed by atoms with van der Waals surface area (Å²) in [4.78, 5) is 25.4. The lowest BCUT2D eigenvalue weighted by atomic mass is 10.1. The fraction of sp³-hybridized carbons (Fsp3) is 0.0513. The molecule has 0 heterocycles. The van der Waals surface area contributed by atoms with Crippen LogP contribution in [-0.2, 0) is 9.59 Å². The highest BCUT2D eigenvalue weighted by Crippen LogP contribution is 2.38. The second-order valence-corrected chi connectivity index (χ2v) is 10.8. The minimum Gasteiger partial charge on any atom is -0.423 e. The lowest BCUT2D eigenvalue weighted by Gasteiger charge is -2.26. The van der Waals surface area contributed by atoms with Gasteiger partial charge in [-0.05, 0) is 116 Å². The van der Waals surface area contributed by atoms with Crippen molar-refractivity contribution < 1.29 is 19.1 Å². The van der Waals surface area contributed by atoms with Crippen molar-refractivity contribution in [3.8, 4) is 11.5 Å². The third kappa shape index (κ3) is 8.03. The van der Waals surface area contributed by atoms with E-state index < -0.39 is 11.9 Å². The van der Waals surface area contributed by atoms with E-state index in [1.165, 1.54) is 5.56 Å². The quantitative estimate of drug-likeness (QED) is 0.0470. The molecule has 0 aliphatic heterocycles. The number of nitrogens with zero attached hydrogens (tertiary/aromatic N) is 3. The first-order valence-electron chi connectivity index (χ1n) is 14.7. The number of aryl methyl sites for hydroxylation is 2. The molecule has 5 rings (SSSR count). The molecule has 0 atom stereocenters. The molecule has 0 aliphatic rings. The molecule has 0 unspecified atom stereocenters. The van der Waals surface area contributed by atoms with Crippen LogP contribution >= 0.6 is 11.6 Å². The highest BCUT2D eigenvalue weighted by atomic mass is 35.5. The molecule has 0 aliphatic carbocycles. The van der Waals surface area contributed by atoms with Gasteiger partial charge in [0, 0.05) is 34.8 Å². The van der Waals surface area contributed by atoms with Crippen molar-refractivity contribution in [1.29, 1.82) is 0 Å². The molecule has 0 aromatic heterocycles. The Morgan fingerprint density at radius 1 is 0.638 bits per heavy atom. The summed E-state index contributed by atoms with van der Waals surface area (Å²) in [5, 5.41) is 7.06. The monoisotopic (exact) mass is 641 g/mol. The maximum absolute atomic E-state index is 11.7. The lowest BCUT2D eigenvalue weighted by molar-refractivity contribution is -0.129. The largest absolute Gasteiger partial charge is 0.423 e. The third-order valence-corrected chi connectivity index (χ3v) is 7.58. The average Bonchev–Trinajstić information content (AvgIpc) is 3.09. The maximum Gasteiger partial charge on any atom is 0.335 e. The fourth-order valence-electron chi connectivity index (χ4n) is 4.68. The minimum absolute atomic E-state index is 0.398. The van der Waals surface area contributed by atoms with Gasteiger partial charge in [-0.15, -0.1) is 0 Å². The summed E-state index contributed by atoms with van der Waals surface area (Å²) in [6, 6.07) is 36.0. The molecule has 0 radical (unpaired) electrons. The maximum atomic E-state index is 11.7. The lowest BCUT2D eigenvalue weighted by Crippen LogP contribution is -2.11. The molecule has 0 spiro atoms. The predicted molar refractivity (Wildman–Crippen MR) is 190 cm³/mol. The molecule has 5 aromatic carbocycles. The standard InChI is InChI=1S/C39H32ClN3O4/c1-5-38(44)46-35-20-16-30(17-21-35)42(33-14-12-27(3)28(4)24-33)34-15-13-29(37(40)25-34)26-41-43(31-10-8-7-9-11-31)32-18-22-36(23-19-32)47-39(45)6-2/h5-26H,1-2H2,3-4H3. The first-order chi connectivity index (χ1) is 22.7. The summed E-state index contributed by atoms with van der Waals surface area (Å²) >= 11 is 6.90. The van der Waals surface area contributed by atoms with Crippen LogP contribution in [-0.4, -0.2) is 18.2 Å². The summed E-state index contributed by atoms with van der Waals surface area (Å²) in [6.07, 6.45) is 3.94. The Bertz CT molecular complexity index is 1940. The molecule has 8 heteroatoms. The van der Waals surface area contributed by atoms with Crippen LogP contribution in [0.3, 0.4) is 0 Å². The Morgan fingerprint density at radius 2 is 1.15 bits per heavy atom. The zero-order chi connectivity index (χ0) is 33.3. The number of para-hydroxylation sites is 1. The smallest absolute Gasteiger partial charge is 0.335 e. The van der Waals surface area contributed by atoms with Gasteiger partial charge in [0.1, 0.15) is 11.5 Å². The van der Waals surface area contributed by atoms with Gasteiger partial charge in [0.2, 0.25) is 0 Å². The molecular formula is C39H32ClN3O4. The minimum atomic E-state index is -0.532. The van der Waals surface area contributed by atoms with E-state index in [0.717, 1.165) is 46.2 Å². The van der Waals surface area contributed by atoms with E-state index in [4.69, 9.17) is 26.2 Å². The summed E-state index contributed by atoms with van der Waals surface area (Å²) in [6.45, 7) is 11.0. The van der Waals surface area contributed by atoms with E-state index >= 15 is 0 Å². The number of rotatable bonds is 11. The van der Waals surface area contributed by atoms with Gasteiger partial charge in [-0.25, -0.2) is 14.6 Å². The van der Waals surface area contributed by atoms with Crippen LogP contribution in [0.25, 0.3) is 0 Å². The van der Waals surface area contributed by atoms with Gasteiger partial charge >= 0.3 is 11.9 Å². The van der Waals surface area contributed by atoms with Crippen molar-refractivity contribution in [2.45, 2.75) is 13.8 Å². The normalized spacial score (nSPS) is 10.7. The Hall–Kier alpha value is -5.92. The summed E-state index contributed by atoms with van der Waals surface area (Å²) in [5.74, 6) is -0.241. The van der Waals surface area contributed by atoms with Crippen molar-refractivity contribution in [2.24, 2.45) is 5.10 Å². The first kappa shape index (κ1) is 32.5. The number of hydrazone groups is 1. The Balaban J connectivity index is 1.48. The number of carbonyl (C=O) groups is 2. The molecule has 47 heavy (non-hydrogen) atoms. The second-order valence-electron chi connectivity index (χ2n) is 10.4. The molecular weight excluding hydrogens is 610 g/mol. The molecule has 0 fully saturated rings. The van der Waals surface area contributed by atoms with Crippen molar-refractivity contribution in [1.82, 2.24) is 0 Å². The van der Waals surface area contributed by atoms with E-state index in [1.54, 1.807) is 35.5 Å². The molecule has 5 aromatic rings. The highest BCUT2D eigenvalue weighted by Gasteiger charge is 2.16. The topological polar surface area (TPSA) is 71.4 Å². The van der Waals surface area contributed by atoms with Crippen LogP contribution in [0.4, 0.5) is 28.4 Å². The molecule has 0 bridgehead atoms. The van der Waals surface area contributed by atoms with Gasteiger partial charge in [-0.3, -0.25) is 0 Å².